The van der Waals surface area contributed by atoms with E-state index in [1.807, 2.05) is 0 Å². The predicted octanol–water partition coefficient (Wildman–Crippen LogP) is 2.20. The summed E-state index contributed by atoms with van der Waals surface area (Å²) in [4.78, 5) is 40.4. The van der Waals surface area contributed by atoms with Gasteiger partial charge in [0.15, 0.2) is 0 Å². The highest BCUT2D eigenvalue weighted by Gasteiger charge is 2.40. The molecule has 3 amide bonds. The molecular weight excluding hydrogens is 431 g/mol. The number of fused-ring (bicyclic) bond motifs is 2. The van der Waals surface area contributed by atoms with E-state index in [1.165, 1.54) is 6.07 Å². The molecule has 3 atom stereocenters. The summed E-state index contributed by atoms with van der Waals surface area (Å²) in [7, 11) is 0. The van der Waals surface area contributed by atoms with Gasteiger partial charge in [-0.3, -0.25) is 19.7 Å². The quantitative estimate of drug-likeness (QED) is 0.662. The second kappa shape index (κ2) is 8.55. The van der Waals surface area contributed by atoms with E-state index in [0.717, 1.165) is 11.6 Å². The molecule has 0 aliphatic carbocycles. The van der Waals surface area contributed by atoms with E-state index in [4.69, 9.17) is 0 Å². The Morgan fingerprint density at radius 3 is 2.78 bits per heavy atom. The maximum absolute atomic E-state index is 14.3. The average molecular weight is 455 g/mol. The fraction of sp³-hybridized carbons (Fsp3) is 0.348. The van der Waals surface area contributed by atoms with Gasteiger partial charge in [0.05, 0.1) is 17.3 Å². The fourth-order valence-electron chi connectivity index (χ4n) is 4.52. The first kappa shape index (κ1) is 21.0. The molecule has 2 aromatic rings. The Morgan fingerprint density at radius 1 is 1.16 bits per heavy atom. The van der Waals surface area contributed by atoms with Crippen molar-refractivity contribution in [1.82, 2.24) is 15.5 Å². The summed E-state index contributed by atoms with van der Waals surface area (Å²) >= 11 is 1.68. The van der Waals surface area contributed by atoms with E-state index >= 15 is 0 Å². The molecule has 166 valence electrons. The lowest BCUT2D eigenvalue weighted by Gasteiger charge is -2.37. The number of amides is 3. The third-order valence-corrected chi connectivity index (χ3v) is 7.18. The number of piperidine rings is 1. The van der Waals surface area contributed by atoms with Gasteiger partial charge in [-0.25, -0.2) is 4.39 Å². The summed E-state index contributed by atoms with van der Waals surface area (Å²) in [5.74, 6) is 0.508. The zero-order valence-electron chi connectivity index (χ0n) is 17.3. The van der Waals surface area contributed by atoms with Gasteiger partial charge in [-0.2, -0.15) is 0 Å². The second-order valence-electron chi connectivity index (χ2n) is 8.25. The van der Waals surface area contributed by atoms with Crippen LogP contribution in [0.5, 0.6) is 0 Å². The molecule has 32 heavy (non-hydrogen) atoms. The second-order valence-corrected chi connectivity index (χ2v) is 9.28. The lowest BCUT2D eigenvalue weighted by atomic mass is 9.95. The highest BCUT2D eigenvalue weighted by atomic mass is 32.2. The third kappa shape index (κ3) is 3.86. The van der Waals surface area contributed by atoms with Crippen LogP contribution < -0.4 is 16.0 Å². The summed E-state index contributed by atoms with van der Waals surface area (Å²) in [6.45, 7) is 0.359. The largest absolute Gasteiger partial charge is 0.352 e. The third-order valence-electron chi connectivity index (χ3n) is 6.24. The van der Waals surface area contributed by atoms with E-state index < -0.39 is 6.04 Å². The first-order chi connectivity index (χ1) is 15.5. The van der Waals surface area contributed by atoms with Crippen molar-refractivity contribution in [2.45, 2.75) is 31.0 Å². The maximum Gasteiger partial charge on any atom is 0.256 e. The fourth-order valence-corrected chi connectivity index (χ4v) is 5.46. The molecule has 2 saturated heterocycles. The number of thioether (sulfide) groups is 1. The number of anilines is 1. The first-order valence-electron chi connectivity index (χ1n) is 10.6. The number of rotatable bonds is 3. The van der Waals surface area contributed by atoms with Gasteiger partial charge in [-0.05, 0) is 36.6 Å². The number of carbonyl (C=O) groups is 3. The summed E-state index contributed by atoms with van der Waals surface area (Å²) < 4.78 is 14.3. The number of benzene rings is 2. The molecule has 0 aromatic heterocycles. The summed E-state index contributed by atoms with van der Waals surface area (Å²) in [6.07, 6.45) is 0.931. The molecule has 3 N–H and O–H groups in total. The van der Waals surface area contributed by atoms with Gasteiger partial charge in [0.1, 0.15) is 11.9 Å². The Morgan fingerprint density at radius 2 is 2.00 bits per heavy atom. The van der Waals surface area contributed by atoms with Crippen molar-refractivity contribution in [2.75, 3.05) is 23.5 Å². The van der Waals surface area contributed by atoms with E-state index in [-0.39, 0.29) is 35.6 Å². The molecule has 3 unspecified atom stereocenters. The smallest absolute Gasteiger partial charge is 0.256 e. The summed E-state index contributed by atoms with van der Waals surface area (Å²) in [5, 5.41) is 9.03. The van der Waals surface area contributed by atoms with Crippen molar-refractivity contribution < 1.29 is 18.8 Å². The van der Waals surface area contributed by atoms with E-state index in [9.17, 15) is 18.8 Å². The van der Waals surface area contributed by atoms with E-state index in [2.05, 4.69) is 16.0 Å². The Kier molecular flexibility index (Phi) is 5.60. The van der Waals surface area contributed by atoms with Crippen LogP contribution in [0.3, 0.4) is 0 Å². The minimum atomic E-state index is -0.670. The molecule has 5 rings (SSSR count). The highest BCUT2D eigenvalue weighted by molar-refractivity contribution is 7.99. The standard InChI is InChI=1S/C23H23FN4O3S/c24-17-4-2-1-3-15(17)13-5-6-18-16(9-13)23(31)28-8-7-14(10-20(28)22(30)27-18)26-21(29)19-11-32-12-25-19/h1-6,9,14,19-20,25H,7-8,10-12H2,(H,26,29)(H,27,30). The molecule has 3 aliphatic heterocycles. The van der Waals surface area contributed by atoms with Crippen molar-refractivity contribution in [1.29, 1.82) is 0 Å². The van der Waals surface area contributed by atoms with Crippen LogP contribution in [0.1, 0.15) is 23.2 Å². The lowest BCUT2D eigenvalue weighted by molar-refractivity contribution is -0.125. The molecule has 2 fully saturated rings. The van der Waals surface area contributed by atoms with Gasteiger partial charge < -0.3 is 15.5 Å². The van der Waals surface area contributed by atoms with E-state index in [1.54, 1.807) is 53.1 Å². The van der Waals surface area contributed by atoms with Crippen LogP contribution in [0.4, 0.5) is 10.1 Å². The minimum Gasteiger partial charge on any atom is -0.352 e. The SMILES string of the molecule is O=C(NC1CCN2C(=O)c3cc(-c4ccccc4F)ccc3NC(=O)C2C1)C1CSCN1. The number of nitrogens with one attached hydrogen (secondary N) is 3. The molecule has 0 bridgehead atoms. The highest BCUT2D eigenvalue weighted by Crippen LogP contribution is 2.32. The number of carbonyl (C=O) groups excluding carboxylic acids is 3. The Balaban J connectivity index is 1.37. The average Bonchev–Trinajstić information content (AvgIpc) is 3.31. The molecule has 0 saturated carbocycles. The van der Waals surface area contributed by atoms with Gasteiger partial charge in [0.2, 0.25) is 11.8 Å². The van der Waals surface area contributed by atoms with Crippen molar-refractivity contribution in [3.05, 3.63) is 53.8 Å². The van der Waals surface area contributed by atoms with Crippen LogP contribution in [-0.2, 0) is 9.59 Å². The topological polar surface area (TPSA) is 90.5 Å². The normalized spacial score (nSPS) is 24.9. The van der Waals surface area contributed by atoms with Crippen LogP contribution in [0, 0.1) is 5.82 Å². The number of hydrogen-bond acceptors (Lipinski definition) is 5. The minimum absolute atomic E-state index is 0.0633. The number of halogens is 1. The van der Waals surface area contributed by atoms with Crippen LogP contribution in [-0.4, -0.2) is 58.9 Å². The van der Waals surface area contributed by atoms with Gasteiger partial charge in [-0.1, -0.05) is 24.3 Å². The monoisotopic (exact) mass is 454 g/mol. The molecule has 2 aromatic carbocycles. The Bertz CT molecular complexity index is 1090. The van der Waals surface area contributed by atoms with Crippen molar-refractivity contribution in [2.24, 2.45) is 0 Å². The maximum atomic E-state index is 14.3. The molecular formula is C23H23FN4O3S. The molecule has 7 nitrogen and oxygen atoms in total. The molecule has 0 radical (unpaired) electrons. The van der Waals surface area contributed by atoms with Crippen molar-refractivity contribution >= 4 is 35.2 Å². The summed E-state index contributed by atoms with van der Waals surface area (Å²) in [6, 6.07) is 10.3. The number of hydrogen-bond donors (Lipinski definition) is 3. The molecule has 3 aliphatic rings. The van der Waals surface area contributed by atoms with Gasteiger partial charge in [-0.15, -0.1) is 11.8 Å². The lowest BCUT2D eigenvalue weighted by Crippen LogP contribution is -2.56. The summed E-state index contributed by atoms with van der Waals surface area (Å²) in [5.41, 5.74) is 1.74. The van der Waals surface area contributed by atoms with Gasteiger partial charge >= 0.3 is 0 Å². The molecule has 0 spiro atoms. The Hall–Kier alpha value is -2.91. The van der Waals surface area contributed by atoms with E-state index in [0.29, 0.717) is 41.8 Å². The first-order valence-corrected chi connectivity index (χ1v) is 11.8. The van der Waals surface area contributed by atoms with Crippen molar-refractivity contribution in [3.63, 3.8) is 0 Å². The Labute approximate surface area is 189 Å². The number of nitrogens with zero attached hydrogens (tertiary/aromatic N) is 1. The zero-order chi connectivity index (χ0) is 22.2. The van der Waals surface area contributed by atoms with Crippen molar-refractivity contribution in [3.8, 4) is 11.1 Å². The van der Waals surface area contributed by atoms with Crippen LogP contribution >= 0.6 is 11.8 Å². The van der Waals surface area contributed by atoms with Crippen LogP contribution in [0.15, 0.2) is 42.5 Å². The van der Waals surface area contributed by atoms with Gasteiger partial charge in [0.25, 0.3) is 5.91 Å². The zero-order valence-corrected chi connectivity index (χ0v) is 18.1. The van der Waals surface area contributed by atoms with Crippen LogP contribution in [0.2, 0.25) is 0 Å². The molecule has 9 heteroatoms. The predicted molar refractivity (Wildman–Crippen MR) is 121 cm³/mol. The molecule has 3 heterocycles. The van der Waals surface area contributed by atoms with Gasteiger partial charge in [0, 0.05) is 29.8 Å². The van der Waals surface area contributed by atoms with Crippen LogP contribution in [0.25, 0.3) is 11.1 Å².